The molecule has 0 aliphatic heterocycles. The standard InChI is InChI=1S/C14H26N4OS2/c1-5-11-16-13(21-18-11)20-9-7-6-8-14(4,12(15)19)17-10(2)3/h10,17H,5-9H2,1-4H3,(H2,15,19). The number of nitrogens with one attached hydrogen (secondary N) is 1. The van der Waals surface area contributed by atoms with E-state index in [4.69, 9.17) is 5.73 Å². The molecule has 0 saturated carbocycles. The maximum absolute atomic E-state index is 11.6. The smallest absolute Gasteiger partial charge is 0.237 e. The van der Waals surface area contributed by atoms with Gasteiger partial charge in [-0.2, -0.15) is 4.37 Å². The molecule has 120 valence electrons. The van der Waals surface area contributed by atoms with Gasteiger partial charge in [-0.05, 0) is 45.1 Å². The second-order valence-electron chi connectivity index (χ2n) is 5.63. The van der Waals surface area contributed by atoms with E-state index in [1.54, 1.807) is 11.8 Å². The first-order valence-electron chi connectivity index (χ1n) is 7.40. The van der Waals surface area contributed by atoms with Gasteiger partial charge in [0.05, 0.1) is 5.54 Å². The van der Waals surface area contributed by atoms with Crippen molar-refractivity contribution in [1.29, 1.82) is 0 Å². The van der Waals surface area contributed by atoms with E-state index in [1.165, 1.54) is 11.5 Å². The number of nitrogens with zero attached hydrogens (tertiary/aromatic N) is 2. The predicted molar refractivity (Wildman–Crippen MR) is 89.7 cm³/mol. The van der Waals surface area contributed by atoms with Crippen LogP contribution in [0.2, 0.25) is 0 Å². The molecule has 0 aromatic carbocycles. The largest absolute Gasteiger partial charge is 0.368 e. The van der Waals surface area contributed by atoms with Crippen molar-refractivity contribution in [2.45, 2.75) is 69.3 Å². The molecule has 0 aliphatic rings. The molecule has 5 nitrogen and oxygen atoms in total. The number of nitrogens with two attached hydrogens (primary N) is 1. The van der Waals surface area contributed by atoms with E-state index in [-0.39, 0.29) is 11.9 Å². The zero-order chi connectivity index (χ0) is 15.9. The normalized spacial score (nSPS) is 14.3. The summed E-state index contributed by atoms with van der Waals surface area (Å²) in [5, 5.41) is 3.27. The van der Waals surface area contributed by atoms with Crippen LogP contribution in [0, 0.1) is 0 Å². The third kappa shape index (κ3) is 6.32. The molecule has 1 aromatic rings. The van der Waals surface area contributed by atoms with Gasteiger partial charge < -0.3 is 11.1 Å². The highest BCUT2D eigenvalue weighted by Crippen LogP contribution is 2.23. The molecule has 1 heterocycles. The van der Waals surface area contributed by atoms with Crippen LogP contribution >= 0.6 is 23.3 Å². The average Bonchev–Trinajstić information content (AvgIpc) is 2.85. The van der Waals surface area contributed by atoms with E-state index in [2.05, 4.69) is 21.6 Å². The molecule has 1 amide bonds. The van der Waals surface area contributed by atoms with Crippen LogP contribution in [0.3, 0.4) is 0 Å². The summed E-state index contributed by atoms with van der Waals surface area (Å²) in [7, 11) is 0. The Hall–Kier alpha value is -0.660. The van der Waals surface area contributed by atoms with Crippen LogP contribution in [0.15, 0.2) is 4.34 Å². The minimum atomic E-state index is -0.614. The maximum Gasteiger partial charge on any atom is 0.237 e. The van der Waals surface area contributed by atoms with Crippen molar-refractivity contribution in [1.82, 2.24) is 14.7 Å². The number of thioether (sulfide) groups is 1. The Morgan fingerprint density at radius 2 is 2.19 bits per heavy atom. The molecule has 0 aliphatic carbocycles. The molecule has 1 rings (SSSR count). The fourth-order valence-corrected chi connectivity index (χ4v) is 3.85. The summed E-state index contributed by atoms with van der Waals surface area (Å²) in [6.45, 7) is 8.00. The van der Waals surface area contributed by atoms with Gasteiger partial charge in [-0.25, -0.2) is 4.98 Å². The van der Waals surface area contributed by atoms with Crippen LogP contribution in [0.1, 0.15) is 52.8 Å². The summed E-state index contributed by atoms with van der Waals surface area (Å²) in [5.41, 5.74) is 4.91. The highest BCUT2D eigenvalue weighted by atomic mass is 32.2. The minimum absolute atomic E-state index is 0.241. The summed E-state index contributed by atoms with van der Waals surface area (Å²) in [5.74, 6) is 1.64. The first kappa shape index (κ1) is 18.4. The predicted octanol–water partition coefficient (Wildman–Crippen LogP) is 2.60. The number of amides is 1. The van der Waals surface area contributed by atoms with Gasteiger partial charge in [-0.1, -0.05) is 25.1 Å². The van der Waals surface area contributed by atoms with E-state index >= 15 is 0 Å². The topological polar surface area (TPSA) is 80.9 Å². The first-order valence-corrected chi connectivity index (χ1v) is 9.16. The monoisotopic (exact) mass is 330 g/mol. The lowest BCUT2D eigenvalue weighted by Gasteiger charge is -2.29. The number of carbonyl (C=O) groups excluding carboxylic acids is 1. The van der Waals surface area contributed by atoms with Crippen LogP contribution in [0.5, 0.6) is 0 Å². The van der Waals surface area contributed by atoms with Gasteiger partial charge in [0.25, 0.3) is 0 Å². The zero-order valence-electron chi connectivity index (χ0n) is 13.3. The summed E-state index contributed by atoms with van der Waals surface area (Å²) < 4.78 is 5.30. The third-order valence-corrected chi connectivity index (χ3v) is 5.17. The van der Waals surface area contributed by atoms with Crippen molar-refractivity contribution >= 4 is 29.2 Å². The SMILES string of the molecule is CCc1nsc(SCCCCC(C)(NC(C)C)C(N)=O)n1. The Labute approximate surface area is 135 Å². The highest BCUT2D eigenvalue weighted by molar-refractivity contribution is 8.00. The van der Waals surface area contributed by atoms with Crippen LogP contribution in [0.4, 0.5) is 0 Å². The maximum atomic E-state index is 11.6. The van der Waals surface area contributed by atoms with Crippen molar-refractivity contribution in [2.75, 3.05) is 5.75 Å². The molecule has 1 atom stereocenters. The third-order valence-electron chi connectivity index (χ3n) is 3.21. The quantitative estimate of drug-likeness (QED) is 0.509. The van der Waals surface area contributed by atoms with Gasteiger partial charge in [0, 0.05) is 18.2 Å². The van der Waals surface area contributed by atoms with E-state index in [0.717, 1.165) is 41.6 Å². The van der Waals surface area contributed by atoms with Gasteiger partial charge >= 0.3 is 0 Å². The fraction of sp³-hybridized carbons (Fsp3) is 0.786. The van der Waals surface area contributed by atoms with Crippen molar-refractivity contribution in [3.05, 3.63) is 5.82 Å². The molecule has 0 spiro atoms. The van der Waals surface area contributed by atoms with E-state index in [0.29, 0.717) is 0 Å². The Kier molecular flexibility index (Phi) is 7.62. The number of aryl methyl sites for hydroxylation is 1. The second kappa shape index (κ2) is 8.70. The molecule has 0 radical (unpaired) electrons. The number of primary amides is 1. The summed E-state index contributed by atoms with van der Waals surface area (Å²) in [6, 6.07) is 0.241. The second-order valence-corrected chi connectivity index (χ2v) is 7.72. The highest BCUT2D eigenvalue weighted by Gasteiger charge is 2.30. The van der Waals surface area contributed by atoms with Gasteiger partial charge in [-0.15, -0.1) is 0 Å². The van der Waals surface area contributed by atoms with Crippen LogP contribution in [0.25, 0.3) is 0 Å². The number of rotatable bonds is 10. The van der Waals surface area contributed by atoms with Crippen molar-refractivity contribution in [3.63, 3.8) is 0 Å². The number of unbranched alkanes of at least 4 members (excludes halogenated alkanes) is 1. The minimum Gasteiger partial charge on any atom is -0.368 e. The first-order chi connectivity index (χ1) is 9.87. The lowest BCUT2D eigenvalue weighted by atomic mass is 9.93. The van der Waals surface area contributed by atoms with Gasteiger partial charge in [-0.3, -0.25) is 4.79 Å². The summed E-state index contributed by atoms with van der Waals surface area (Å²) in [6.07, 6.45) is 3.65. The van der Waals surface area contributed by atoms with Crippen LogP contribution in [-0.2, 0) is 11.2 Å². The molecule has 3 N–H and O–H groups in total. The Balaban J connectivity index is 2.29. The number of hydrogen-bond acceptors (Lipinski definition) is 6. The van der Waals surface area contributed by atoms with E-state index in [1.807, 2.05) is 20.8 Å². The van der Waals surface area contributed by atoms with Crippen molar-refractivity contribution in [2.24, 2.45) is 5.73 Å². The Bertz CT molecular complexity index is 450. The molecule has 7 heteroatoms. The van der Waals surface area contributed by atoms with Crippen LogP contribution in [-0.4, -0.2) is 32.6 Å². The number of carbonyl (C=O) groups is 1. The van der Waals surface area contributed by atoms with Crippen molar-refractivity contribution < 1.29 is 4.79 Å². The Morgan fingerprint density at radius 1 is 1.48 bits per heavy atom. The molecule has 1 aromatic heterocycles. The summed E-state index contributed by atoms with van der Waals surface area (Å²) >= 11 is 3.20. The van der Waals surface area contributed by atoms with E-state index < -0.39 is 5.54 Å². The van der Waals surface area contributed by atoms with E-state index in [9.17, 15) is 4.79 Å². The lowest BCUT2D eigenvalue weighted by molar-refractivity contribution is -0.124. The van der Waals surface area contributed by atoms with Gasteiger partial charge in [0.15, 0.2) is 4.34 Å². The van der Waals surface area contributed by atoms with Gasteiger partial charge in [0.2, 0.25) is 5.91 Å². The molecule has 0 bridgehead atoms. The summed E-state index contributed by atoms with van der Waals surface area (Å²) in [4.78, 5) is 16.0. The van der Waals surface area contributed by atoms with Gasteiger partial charge in [0.1, 0.15) is 5.82 Å². The van der Waals surface area contributed by atoms with Crippen LogP contribution < -0.4 is 11.1 Å². The fourth-order valence-electron chi connectivity index (χ4n) is 2.08. The molecule has 21 heavy (non-hydrogen) atoms. The molecule has 1 unspecified atom stereocenters. The Morgan fingerprint density at radius 3 is 2.71 bits per heavy atom. The lowest BCUT2D eigenvalue weighted by Crippen LogP contribution is -2.55. The average molecular weight is 331 g/mol. The molecular formula is C14H26N4OS2. The van der Waals surface area contributed by atoms with Crippen molar-refractivity contribution in [3.8, 4) is 0 Å². The molecule has 0 fully saturated rings. The zero-order valence-corrected chi connectivity index (χ0v) is 14.9. The number of aromatic nitrogens is 2. The molecular weight excluding hydrogens is 304 g/mol. The number of hydrogen-bond donors (Lipinski definition) is 2. The molecule has 0 saturated heterocycles.